The number of pyridine rings is 1. The fourth-order valence-corrected chi connectivity index (χ4v) is 3.31. The molecule has 1 amide bonds. The lowest BCUT2D eigenvalue weighted by Crippen LogP contribution is -2.31. The highest BCUT2D eigenvalue weighted by Crippen LogP contribution is 2.18. The first-order valence-electron chi connectivity index (χ1n) is 7.93. The second kappa shape index (κ2) is 7.44. The third kappa shape index (κ3) is 4.03. The van der Waals surface area contributed by atoms with Gasteiger partial charge in [0.25, 0.3) is 11.5 Å². The number of nitrogens with zero attached hydrogens (tertiary/aromatic N) is 3. The molecule has 6 heteroatoms. The van der Waals surface area contributed by atoms with Crippen molar-refractivity contribution in [1.29, 1.82) is 0 Å². The summed E-state index contributed by atoms with van der Waals surface area (Å²) < 4.78 is 1.45. The van der Waals surface area contributed by atoms with Crippen LogP contribution in [-0.4, -0.2) is 20.4 Å². The lowest BCUT2D eigenvalue weighted by molar-refractivity contribution is 0.0731. The zero-order valence-corrected chi connectivity index (χ0v) is 15.0. The van der Waals surface area contributed by atoms with Gasteiger partial charge in [-0.25, -0.2) is 4.98 Å². The monoisotopic (exact) mass is 353 g/mol. The van der Waals surface area contributed by atoms with Crippen LogP contribution in [0, 0.1) is 6.92 Å². The summed E-state index contributed by atoms with van der Waals surface area (Å²) in [4.78, 5) is 32.0. The quantitative estimate of drug-likeness (QED) is 0.708. The first-order valence-corrected chi connectivity index (χ1v) is 8.81. The van der Waals surface area contributed by atoms with E-state index in [4.69, 9.17) is 0 Å². The van der Waals surface area contributed by atoms with Crippen LogP contribution in [0.15, 0.2) is 59.0 Å². The summed E-state index contributed by atoms with van der Waals surface area (Å²) in [6, 6.07) is 12.9. The van der Waals surface area contributed by atoms with E-state index in [0.29, 0.717) is 18.7 Å². The van der Waals surface area contributed by atoms with E-state index in [9.17, 15) is 9.59 Å². The van der Waals surface area contributed by atoms with Crippen LogP contribution in [0.2, 0.25) is 0 Å². The normalized spacial score (nSPS) is 10.6. The standard InChI is InChI=1S/C19H19N3O2S/c1-14-17(25-13-20-14)12-22(11-15-6-4-3-5-7-15)19(24)16-8-9-21(2)18(23)10-16/h3-10,13H,11-12H2,1-2H3. The summed E-state index contributed by atoms with van der Waals surface area (Å²) in [6.45, 7) is 2.89. The molecule has 0 unspecified atom stereocenters. The van der Waals surface area contributed by atoms with Gasteiger partial charge in [-0.1, -0.05) is 30.3 Å². The van der Waals surface area contributed by atoms with Crippen molar-refractivity contribution in [3.63, 3.8) is 0 Å². The van der Waals surface area contributed by atoms with Gasteiger partial charge in [0.15, 0.2) is 0 Å². The molecule has 0 aliphatic rings. The molecule has 0 aliphatic carbocycles. The van der Waals surface area contributed by atoms with Crippen LogP contribution in [-0.2, 0) is 20.1 Å². The number of thiazole rings is 1. The minimum atomic E-state index is -0.195. The molecule has 0 spiro atoms. The fraction of sp³-hybridized carbons (Fsp3) is 0.211. The number of aryl methyl sites for hydroxylation is 2. The van der Waals surface area contributed by atoms with Gasteiger partial charge >= 0.3 is 0 Å². The molecular weight excluding hydrogens is 334 g/mol. The summed E-state index contributed by atoms with van der Waals surface area (Å²) in [5.41, 5.74) is 3.97. The van der Waals surface area contributed by atoms with Crippen LogP contribution in [0.3, 0.4) is 0 Å². The van der Waals surface area contributed by atoms with E-state index in [2.05, 4.69) is 4.98 Å². The van der Waals surface area contributed by atoms with E-state index in [1.165, 1.54) is 22.0 Å². The molecule has 1 aromatic carbocycles. The zero-order chi connectivity index (χ0) is 17.8. The third-order valence-corrected chi connectivity index (χ3v) is 4.95. The van der Waals surface area contributed by atoms with E-state index >= 15 is 0 Å². The van der Waals surface area contributed by atoms with Gasteiger partial charge in [-0.05, 0) is 18.6 Å². The molecule has 2 heterocycles. The van der Waals surface area contributed by atoms with Gasteiger partial charge in [0.05, 0.1) is 17.7 Å². The number of carbonyl (C=O) groups is 1. The molecule has 0 radical (unpaired) electrons. The van der Waals surface area contributed by atoms with Gasteiger partial charge in [0.2, 0.25) is 0 Å². The average molecular weight is 353 g/mol. The maximum absolute atomic E-state index is 13.0. The predicted molar refractivity (Wildman–Crippen MR) is 98.6 cm³/mol. The van der Waals surface area contributed by atoms with Crippen molar-refractivity contribution in [3.8, 4) is 0 Å². The lowest BCUT2D eigenvalue weighted by Gasteiger charge is -2.23. The van der Waals surface area contributed by atoms with Gasteiger partial charge in [-0.15, -0.1) is 11.3 Å². The van der Waals surface area contributed by atoms with Crippen LogP contribution in [0.4, 0.5) is 0 Å². The van der Waals surface area contributed by atoms with Crippen molar-refractivity contribution >= 4 is 17.2 Å². The van der Waals surface area contributed by atoms with Crippen molar-refractivity contribution in [2.75, 3.05) is 0 Å². The third-order valence-electron chi connectivity index (χ3n) is 4.03. The van der Waals surface area contributed by atoms with Crippen molar-refractivity contribution in [3.05, 3.63) is 86.2 Å². The van der Waals surface area contributed by atoms with Crippen molar-refractivity contribution in [1.82, 2.24) is 14.5 Å². The Morgan fingerprint density at radius 1 is 1.20 bits per heavy atom. The molecule has 2 aromatic heterocycles. The van der Waals surface area contributed by atoms with E-state index in [1.54, 1.807) is 29.7 Å². The number of carbonyl (C=O) groups excluding carboxylic acids is 1. The maximum atomic E-state index is 13.0. The van der Waals surface area contributed by atoms with E-state index in [1.807, 2.05) is 37.3 Å². The Bertz CT molecular complexity index is 931. The van der Waals surface area contributed by atoms with Crippen LogP contribution in [0.1, 0.15) is 26.5 Å². The Labute approximate surface area is 150 Å². The largest absolute Gasteiger partial charge is 0.329 e. The first kappa shape index (κ1) is 17.1. The van der Waals surface area contributed by atoms with Crippen molar-refractivity contribution in [2.45, 2.75) is 20.0 Å². The molecule has 5 nitrogen and oxygen atoms in total. The maximum Gasteiger partial charge on any atom is 0.254 e. The smallest absolute Gasteiger partial charge is 0.254 e. The summed E-state index contributed by atoms with van der Waals surface area (Å²) in [5.74, 6) is -0.158. The number of hydrogen-bond donors (Lipinski definition) is 0. The molecule has 0 atom stereocenters. The molecular formula is C19H19N3O2S. The Morgan fingerprint density at radius 2 is 1.96 bits per heavy atom. The van der Waals surface area contributed by atoms with Gasteiger partial charge in [-0.2, -0.15) is 0 Å². The number of benzene rings is 1. The van der Waals surface area contributed by atoms with Gasteiger partial charge in [0, 0.05) is 36.3 Å². The van der Waals surface area contributed by atoms with Crippen LogP contribution < -0.4 is 5.56 Å². The molecule has 128 valence electrons. The van der Waals surface area contributed by atoms with E-state index < -0.39 is 0 Å². The summed E-state index contributed by atoms with van der Waals surface area (Å²) in [7, 11) is 1.67. The summed E-state index contributed by atoms with van der Waals surface area (Å²) in [6.07, 6.45) is 1.62. The topological polar surface area (TPSA) is 55.2 Å². The highest BCUT2D eigenvalue weighted by atomic mass is 32.1. The van der Waals surface area contributed by atoms with Gasteiger partial charge in [-0.3, -0.25) is 9.59 Å². The Balaban J connectivity index is 1.91. The minimum Gasteiger partial charge on any atom is -0.329 e. The van der Waals surface area contributed by atoms with Crippen molar-refractivity contribution in [2.24, 2.45) is 7.05 Å². The SMILES string of the molecule is Cc1ncsc1CN(Cc1ccccc1)C(=O)c1ccn(C)c(=O)c1. The van der Waals surface area contributed by atoms with Crippen LogP contribution in [0.5, 0.6) is 0 Å². The Kier molecular flexibility index (Phi) is 5.09. The molecule has 0 saturated carbocycles. The minimum absolute atomic E-state index is 0.158. The van der Waals surface area contributed by atoms with Gasteiger partial charge < -0.3 is 9.47 Å². The Morgan fingerprint density at radius 3 is 2.60 bits per heavy atom. The molecule has 0 saturated heterocycles. The zero-order valence-electron chi connectivity index (χ0n) is 14.2. The predicted octanol–water partition coefficient (Wildman–Crippen LogP) is 2.99. The summed E-state index contributed by atoms with van der Waals surface area (Å²) in [5, 5.41) is 0. The van der Waals surface area contributed by atoms with E-state index in [0.717, 1.165) is 16.1 Å². The molecule has 0 fully saturated rings. The van der Waals surface area contributed by atoms with Crippen LogP contribution in [0.25, 0.3) is 0 Å². The molecule has 0 bridgehead atoms. The highest BCUT2D eigenvalue weighted by Gasteiger charge is 2.19. The molecule has 3 aromatic rings. The molecule has 3 rings (SSSR count). The average Bonchev–Trinajstić information content (AvgIpc) is 3.02. The number of hydrogen-bond acceptors (Lipinski definition) is 4. The fourth-order valence-electron chi connectivity index (χ4n) is 2.52. The summed E-state index contributed by atoms with van der Waals surface area (Å²) >= 11 is 1.54. The van der Waals surface area contributed by atoms with Gasteiger partial charge in [0.1, 0.15) is 0 Å². The number of aromatic nitrogens is 2. The molecule has 0 aliphatic heterocycles. The number of rotatable bonds is 5. The second-order valence-electron chi connectivity index (χ2n) is 5.87. The second-order valence-corrected chi connectivity index (χ2v) is 6.81. The highest BCUT2D eigenvalue weighted by molar-refractivity contribution is 7.09. The van der Waals surface area contributed by atoms with Crippen LogP contribution >= 0.6 is 11.3 Å². The Hall–Kier alpha value is -2.73. The molecule has 25 heavy (non-hydrogen) atoms. The first-order chi connectivity index (χ1) is 12.0. The van der Waals surface area contributed by atoms with Crippen molar-refractivity contribution < 1.29 is 4.79 Å². The molecule has 0 N–H and O–H groups in total. The van der Waals surface area contributed by atoms with E-state index in [-0.39, 0.29) is 11.5 Å². The number of amides is 1. The lowest BCUT2D eigenvalue weighted by atomic mass is 10.1.